The van der Waals surface area contributed by atoms with Crippen molar-refractivity contribution in [1.29, 1.82) is 0 Å². The number of likely N-dealkylation sites (tertiary alicyclic amines) is 1. The fraction of sp³-hybridized carbons (Fsp3) is 0.565. The molecule has 5 rings (SSSR count). The molecule has 0 bridgehead atoms. The highest BCUT2D eigenvalue weighted by atomic mass is 19.4. The first-order chi connectivity index (χ1) is 15.0. The van der Waals surface area contributed by atoms with E-state index < -0.39 is 11.9 Å². The van der Waals surface area contributed by atoms with Crippen molar-refractivity contribution >= 4 is 5.69 Å². The Bertz CT molecular complexity index is 857. The second-order valence-corrected chi connectivity index (χ2v) is 8.87. The molecule has 3 fully saturated rings. The minimum atomic E-state index is -4.40. The molecule has 0 aliphatic carbocycles. The van der Waals surface area contributed by atoms with Crippen LogP contribution in [0.4, 0.5) is 18.9 Å². The van der Waals surface area contributed by atoms with Crippen LogP contribution >= 0.6 is 0 Å². The van der Waals surface area contributed by atoms with Crippen LogP contribution in [0, 0.1) is 11.8 Å². The molecule has 166 valence electrons. The first kappa shape index (κ1) is 20.7. The van der Waals surface area contributed by atoms with Crippen molar-refractivity contribution < 1.29 is 17.9 Å². The highest BCUT2D eigenvalue weighted by Gasteiger charge is 2.43. The fourth-order valence-electron chi connectivity index (χ4n) is 5.48. The number of piperidine rings is 1. The van der Waals surface area contributed by atoms with E-state index in [-0.39, 0.29) is 0 Å². The molecule has 3 saturated heterocycles. The summed E-state index contributed by atoms with van der Waals surface area (Å²) < 4.78 is 44.3. The summed E-state index contributed by atoms with van der Waals surface area (Å²) >= 11 is 0. The number of pyridine rings is 2. The molecule has 0 radical (unpaired) electrons. The SMILES string of the molecule is FC(F)(F)c1ccc(N2CCC(C(c3cccnc3)N3CC4CCOC4C3)CC2)cn1. The van der Waals surface area contributed by atoms with Gasteiger partial charge in [-0.15, -0.1) is 0 Å². The lowest BCUT2D eigenvalue weighted by Crippen LogP contribution is -2.41. The van der Waals surface area contributed by atoms with Crippen LogP contribution in [-0.4, -0.2) is 53.8 Å². The normalized spacial score (nSPS) is 26.2. The second-order valence-electron chi connectivity index (χ2n) is 8.87. The molecule has 2 aromatic heterocycles. The number of anilines is 1. The van der Waals surface area contributed by atoms with Crippen molar-refractivity contribution in [3.8, 4) is 0 Å². The van der Waals surface area contributed by atoms with Crippen molar-refractivity contribution in [3.63, 3.8) is 0 Å². The molecule has 3 aliphatic heterocycles. The number of halogens is 3. The summed E-state index contributed by atoms with van der Waals surface area (Å²) in [5.74, 6) is 1.10. The van der Waals surface area contributed by atoms with Gasteiger partial charge in [-0.3, -0.25) is 9.88 Å². The highest BCUT2D eigenvalue weighted by Crippen LogP contribution is 2.41. The Kier molecular flexibility index (Phi) is 5.60. The summed E-state index contributed by atoms with van der Waals surface area (Å²) in [7, 11) is 0. The third kappa shape index (κ3) is 4.28. The predicted octanol–water partition coefficient (Wildman–Crippen LogP) is 4.17. The lowest BCUT2D eigenvalue weighted by Gasteiger charge is -2.41. The number of rotatable bonds is 4. The predicted molar refractivity (Wildman–Crippen MR) is 111 cm³/mol. The molecular formula is C23H27F3N4O. The van der Waals surface area contributed by atoms with Crippen LogP contribution in [0.2, 0.25) is 0 Å². The Balaban J connectivity index is 1.29. The van der Waals surface area contributed by atoms with Gasteiger partial charge in [-0.05, 0) is 48.9 Å². The van der Waals surface area contributed by atoms with Gasteiger partial charge >= 0.3 is 6.18 Å². The smallest absolute Gasteiger partial charge is 0.377 e. The summed E-state index contributed by atoms with van der Waals surface area (Å²) in [6.45, 7) is 4.53. The van der Waals surface area contributed by atoms with Crippen LogP contribution in [-0.2, 0) is 10.9 Å². The minimum Gasteiger partial charge on any atom is -0.377 e. The Labute approximate surface area is 180 Å². The largest absolute Gasteiger partial charge is 0.433 e. The van der Waals surface area contributed by atoms with Gasteiger partial charge in [-0.2, -0.15) is 13.2 Å². The number of ether oxygens (including phenoxy) is 1. The van der Waals surface area contributed by atoms with E-state index in [1.54, 1.807) is 0 Å². The van der Waals surface area contributed by atoms with E-state index in [1.807, 2.05) is 18.5 Å². The van der Waals surface area contributed by atoms with Crippen LogP contribution < -0.4 is 4.90 Å². The highest BCUT2D eigenvalue weighted by molar-refractivity contribution is 5.45. The summed E-state index contributed by atoms with van der Waals surface area (Å²) in [6.07, 6.45) is 4.17. The Morgan fingerprint density at radius 3 is 2.52 bits per heavy atom. The number of hydrogen-bond donors (Lipinski definition) is 0. The second kappa shape index (κ2) is 8.39. The van der Waals surface area contributed by atoms with Gasteiger partial charge in [0.15, 0.2) is 0 Å². The van der Waals surface area contributed by atoms with Crippen LogP contribution in [0.5, 0.6) is 0 Å². The average molecular weight is 432 g/mol. The zero-order chi connectivity index (χ0) is 21.4. The molecule has 0 saturated carbocycles. The molecule has 0 amide bonds. The third-order valence-electron chi connectivity index (χ3n) is 7.04. The quantitative estimate of drug-likeness (QED) is 0.725. The van der Waals surface area contributed by atoms with Crippen molar-refractivity contribution in [3.05, 3.63) is 54.1 Å². The van der Waals surface area contributed by atoms with E-state index in [4.69, 9.17) is 4.74 Å². The molecule has 3 atom stereocenters. The first-order valence-electron chi connectivity index (χ1n) is 11.0. The molecule has 5 nitrogen and oxygen atoms in total. The maximum absolute atomic E-state index is 12.8. The van der Waals surface area contributed by atoms with E-state index in [1.165, 1.54) is 17.8 Å². The maximum Gasteiger partial charge on any atom is 0.433 e. The Hall–Kier alpha value is -2.19. The van der Waals surface area contributed by atoms with E-state index >= 15 is 0 Å². The van der Waals surface area contributed by atoms with Crippen LogP contribution in [0.25, 0.3) is 0 Å². The lowest BCUT2D eigenvalue weighted by atomic mass is 9.84. The summed E-state index contributed by atoms with van der Waals surface area (Å²) in [4.78, 5) is 12.7. The molecule has 3 aliphatic rings. The number of alkyl halides is 3. The summed E-state index contributed by atoms with van der Waals surface area (Å²) in [5.41, 5.74) is 1.16. The van der Waals surface area contributed by atoms with Gasteiger partial charge in [0.2, 0.25) is 0 Å². The molecule has 0 spiro atoms. The van der Waals surface area contributed by atoms with E-state index in [0.717, 1.165) is 63.8 Å². The number of fused-ring (bicyclic) bond motifs is 1. The van der Waals surface area contributed by atoms with Gasteiger partial charge in [-0.25, -0.2) is 4.98 Å². The van der Waals surface area contributed by atoms with Crippen molar-refractivity contribution in [2.45, 2.75) is 37.6 Å². The molecule has 0 N–H and O–H groups in total. The van der Waals surface area contributed by atoms with Gasteiger partial charge < -0.3 is 9.64 Å². The molecule has 5 heterocycles. The van der Waals surface area contributed by atoms with Crippen LogP contribution in [0.1, 0.15) is 36.6 Å². The van der Waals surface area contributed by atoms with Gasteiger partial charge in [-0.1, -0.05) is 6.07 Å². The van der Waals surface area contributed by atoms with Gasteiger partial charge in [0.05, 0.1) is 18.0 Å². The number of hydrogen-bond acceptors (Lipinski definition) is 5. The van der Waals surface area contributed by atoms with Crippen molar-refractivity contribution in [2.75, 3.05) is 37.7 Å². The van der Waals surface area contributed by atoms with E-state index in [0.29, 0.717) is 24.0 Å². The first-order valence-corrected chi connectivity index (χ1v) is 11.0. The lowest BCUT2D eigenvalue weighted by molar-refractivity contribution is -0.141. The van der Waals surface area contributed by atoms with Gasteiger partial charge in [0.25, 0.3) is 0 Å². The number of nitrogens with zero attached hydrogens (tertiary/aromatic N) is 4. The van der Waals surface area contributed by atoms with Gasteiger partial charge in [0.1, 0.15) is 5.69 Å². The fourth-order valence-corrected chi connectivity index (χ4v) is 5.48. The standard InChI is InChI=1S/C23H27F3N4O/c24-23(25,26)21-4-3-19(13-28-21)29-9-5-16(6-10-29)22(17-2-1-8-27-12-17)30-14-18-7-11-31-20(18)15-30/h1-4,8,12-13,16,18,20,22H,5-7,9-11,14-15H2. The zero-order valence-corrected chi connectivity index (χ0v) is 17.3. The summed E-state index contributed by atoms with van der Waals surface area (Å²) in [6, 6.07) is 7.07. The van der Waals surface area contributed by atoms with Crippen molar-refractivity contribution in [2.24, 2.45) is 11.8 Å². The maximum atomic E-state index is 12.8. The topological polar surface area (TPSA) is 41.5 Å². The number of aromatic nitrogens is 2. The van der Waals surface area contributed by atoms with Crippen LogP contribution in [0.3, 0.4) is 0 Å². The van der Waals surface area contributed by atoms with E-state index in [9.17, 15) is 13.2 Å². The minimum absolute atomic E-state index is 0.302. The van der Waals surface area contributed by atoms with Crippen LogP contribution in [0.15, 0.2) is 42.9 Å². The molecule has 0 aromatic carbocycles. The van der Waals surface area contributed by atoms with E-state index in [2.05, 4.69) is 25.8 Å². The molecule has 2 aromatic rings. The zero-order valence-electron chi connectivity index (χ0n) is 17.3. The monoisotopic (exact) mass is 432 g/mol. The average Bonchev–Trinajstić information content (AvgIpc) is 3.37. The molecular weight excluding hydrogens is 405 g/mol. The molecule has 8 heteroatoms. The Morgan fingerprint density at radius 2 is 1.87 bits per heavy atom. The third-order valence-corrected chi connectivity index (χ3v) is 7.04. The van der Waals surface area contributed by atoms with Crippen molar-refractivity contribution in [1.82, 2.24) is 14.9 Å². The van der Waals surface area contributed by atoms with Gasteiger partial charge in [0, 0.05) is 57.1 Å². The molecule has 3 unspecified atom stereocenters. The Morgan fingerprint density at radius 1 is 1.03 bits per heavy atom. The summed E-state index contributed by atoms with van der Waals surface area (Å²) in [5, 5.41) is 0. The molecule has 31 heavy (non-hydrogen) atoms.